The van der Waals surface area contributed by atoms with Gasteiger partial charge >= 0.3 is 0 Å². The fourth-order valence-electron chi connectivity index (χ4n) is 2.57. The van der Waals surface area contributed by atoms with E-state index in [0.29, 0.717) is 0 Å². The van der Waals surface area contributed by atoms with Crippen LogP contribution in [0.15, 0.2) is 11.1 Å². The lowest BCUT2D eigenvalue weighted by Gasteiger charge is -2.27. The number of nitrogens with two attached hydrogens (primary N) is 1. The molecule has 10 heteroatoms. The minimum absolute atomic E-state index is 0.00318. The lowest BCUT2D eigenvalue weighted by atomic mass is 9.96. The van der Waals surface area contributed by atoms with Gasteiger partial charge in [-0.25, -0.2) is 10.1 Å². The number of nitrogens with zero attached hydrogens (tertiary/aromatic N) is 3. The summed E-state index contributed by atoms with van der Waals surface area (Å²) in [5.74, 6) is 0.00318. The lowest BCUT2D eigenvalue weighted by Crippen LogP contribution is -2.44. The van der Waals surface area contributed by atoms with Gasteiger partial charge in [-0.3, -0.25) is 9.36 Å². The van der Waals surface area contributed by atoms with Crippen molar-refractivity contribution in [1.29, 1.82) is 0 Å². The third-order valence-corrected chi connectivity index (χ3v) is 3.72. The average Bonchev–Trinajstić information content (AvgIpc) is 2.97. The molecule has 0 radical (unpaired) electrons. The molecule has 114 valence electrons. The molecule has 0 bridgehead atoms. The number of H-pyrrole nitrogens is 1. The number of anilines is 1. The number of ether oxygens (including phenoxy) is 1. The number of aromatic nitrogens is 4. The van der Waals surface area contributed by atoms with Gasteiger partial charge in [0.05, 0.1) is 12.9 Å². The molecule has 1 saturated heterocycles. The number of nitrogens with one attached hydrogen (secondary N) is 1. The Morgan fingerprint density at radius 1 is 1.62 bits per heavy atom. The molecule has 1 fully saturated rings. The molecule has 3 rings (SSSR count). The number of rotatable bonds is 2. The number of hydrogen-bond acceptors (Lipinski definition) is 8. The Morgan fingerprint density at radius 3 is 2.95 bits per heavy atom. The zero-order valence-electron chi connectivity index (χ0n) is 11.1. The molecular weight excluding hydrogens is 282 g/mol. The summed E-state index contributed by atoms with van der Waals surface area (Å²) >= 11 is 0. The van der Waals surface area contributed by atoms with Gasteiger partial charge in [-0.2, -0.15) is 5.10 Å². The van der Waals surface area contributed by atoms with Gasteiger partial charge in [0.25, 0.3) is 5.56 Å². The summed E-state index contributed by atoms with van der Waals surface area (Å²) in [6, 6.07) is 0. The van der Waals surface area contributed by atoms with E-state index in [1.54, 1.807) is 0 Å². The molecule has 0 unspecified atom stereocenters. The van der Waals surface area contributed by atoms with E-state index in [1.165, 1.54) is 17.8 Å². The van der Waals surface area contributed by atoms with E-state index in [-0.39, 0.29) is 16.9 Å². The molecule has 1 aliphatic heterocycles. The molecule has 2 aromatic heterocycles. The van der Waals surface area contributed by atoms with Crippen LogP contribution in [0.3, 0.4) is 0 Å². The Hall–Kier alpha value is -2.01. The molecular formula is C11H15N5O5. The van der Waals surface area contributed by atoms with Crippen molar-refractivity contribution in [2.24, 2.45) is 0 Å². The van der Waals surface area contributed by atoms with Crippen LogP contribution in [-0.2, 0) is 4.74 Å². The molecule has 3 heterocycles. The summed E-state index contributed by atoms with van der Waals surface area (Å²) in [6.45, 7) is 0.898. The van der Waals surface area contributed by atoms with Gasteiger partial charge in [-0.05, 0) is 6.92 Å². The molecule has 0 aliphatic carbocycles. The quantitative estimate of drug-likeness (QED) is 0.414. The number of aliphatic hydroxyl groups excluding tert-OH is 2. The minimum Gasteiger partial charge on any atom is -0.394 e. The van der Waals surface area contributed by atoms with Crippen molar-refractivity contribution < 1.29 is 20.1 Å². The topological polar surface area (TPSA) is 160 Å². The number of aliphatic hydroxyl groups is 3. The molecule has 2 aromatic rings. The third-order valence-electron chi connectivity index (χ3n) is 3.72. The first-order chi connectivity index (χ1) is 9.87. The molecule has 6 N–H and O–H groups in total. The van der Waals surface area contributed by atoms with E-state index in [1.807, 2.05) is 0 Å². The van der Waals surface area contributed by atoms with Crippen LogP contribution < -0.4 is 11.3 Å². The maximum Gasteiger partial charge on any atom is 0.292 e. The van der Waals surface area contributed by atoms with E-state index in [0.717, 1.165) is 0 Å². The zero-order valence-corrected chi connectivity index (χ0v) is 11.1. The van der Waals surface area contributed by atoms with Crippen LogP contribution in [-0.4, -0.2) is 59.5 Å². The second-order valence-electron chi connectivity index (χ2n) is 5.17. The van der Waals surface area contributed by atoms with Gasteiger partial charge in [0, 0.05) is 0 Å². The molecule has 0 aromatic carbocycles. The Morgan fingerprint density at radius 2 is 2.33 bits per heavy atom. The van der Waals surface area contributed by atoms with E-state index in [4.69, 9.17) is 10.5 Å². The van der Waals surface area contributed by atoms with Crippen molar-refractivity contribution in [1.82, 2.24) is 19.7 Å². The largest absolute Gasteiger partial charge is 0.394 e. The summed E-state index contributed by atoms with van der Waals surface area (Å²) in [6.07, 6.45) is -2.07. The van der Waals surface area contributed by atoms with E-state index in [9.17, 15) is 20.1 Å². The third kappa shape index (κ3) is 1.84. The number of nitrogen functional groups attached to an aromatic ring is 1. The van der Waals surface area contributed by atoms with E-state index in [2.05, 4.69) is 15.2 Å². The Kier molecular flexibility index (Phi) is 2.99. The molecule has 0 spiro atoms. The first-order valence-electron chi connectivity index (χ1n) is 6.25. The van der Waals surface area contributed by atoms with E-state index >= 15 is 0 Å². The van der Waals surface area contributed by atoms with Crippen molar-refractivity contribution in [3.8, 4) is 0 Å². The second-order valence-corrected chi connectivity index (χ2v) is 5.17. The van der Waals surface area contributed by atoms with Gasteiger partial charge < -0.3 is 25.8 Å². The van der Waals surface area contributed by atoms with Crippen LogP contribution in [0.25, 0.3) is 11.0 Å². The fourth-order valence-corrected chi connectivity index (χ4v) is 2.57. The highest BCUT2D eigenvalue weighted by Crippen LogP contribution is 2.39. The molecule has 1 aliphatic rings. The molecule has 10 nitrogen and oxygen atoms in total. The molecule has 0 amide bonds. The van der Waals surface area contributed by atoms with Gasteiger partial charge in [0.2, 0.25) is 0 Å². The smallest absolute Gasteiger partial charge is 0.292 e. The first kappa shape index (κ1) is 13.9. The monoisotopic (exact) mass is 297 g/mol. The van der Waals surface area contributed by atoms with Crippen LogP contribution in [0.1, 0.15) is 13.2 Å². The fraction of sp³-hybridized carbons (Fsp3) is 0.545. The predicted molar refractivity (Wildman–Crippen MR) is 70.2 cm³/mol. The molecule has 21 heavy (non-hydrogen) atoms. The number of fused-ring (bicyclic) bond motifs is 1. The number of aromatic amines is 1. The van der Waals surface area contributed by atoms with Gasteiger partial charge in [0.15, 0.2) is 17.6 Å². The minimum atomic E-state index is -1.70. The predicted octanol–water partition coefficient (Wildman–Crippen LogP) is -2.30. The van der Waals surface area contributed by atoms with Crippen molar-refractivity contribution in [3.63, 3.8) is 0 Å². The number of imidazole rings is 1. The van der Waals surface area contributed by atoms with Crippen LogP contribution in [0, 0.1) is 0 Å². The highest BCUT2D eigenvalue weighted by molar-refractivity contribution is 5.83. The Bertz CT molecular complexity index is 738. The summed E-state index contributed by atoms with van der Waals surface area (Å²) in [7, 11) is 0. The van der Waals surface area contributed by atoms with Crippen molar-refractivity contribution in [3.05, 3.63) is 16.7 Å². The Labute approximate surface area is 117 Å². The van der Waals surface area contributed by atoms with E-state index < -0.39 is 36.2 Å². The summed E-state index contributed by atoms with van der Waals surface area (Å²) in [5.41, 5.74) is 3.74. The van der Waals surface area contributed by atoms with Crippen LogP contribution in [0.2, 0.25) is 0 Å². The van der Waals surface area contributed by atoms with Gasteiger partial charge in [0.1, 0.15) is 23.3 Å². The van der Waals surface area contributed by atoms with Gasteiger partial charge in [-0.1, -0.05) is 0 Å². The van der Waals surface area contributed by atoms with Crippen LogP contribution in [0.4, 0.5) is 5.82 Å². The van der Waals surface area contributed by atoms with Crippen LogP contribution in [0.5, 0.6) is 0 Å². The zero-order chi connectivity index (χ0) is 15.4. The summed E-state index contributed by atoms with van der Waals surface area (Å²) in [5, 5.41) is 35.5. The maximum atomic E-state index is 11.7. The maximum absolute atomic E-state index is 11.7. The molecule has 0 saturated carbocycles. The lowest BCUT2D eigenvalue weighted by molar-refractivity contribution is -0.0948. The first-order valence-corrected chi connectivity index (χ1v) is 6.25. The summed E-state index contributed by atoms with van der Waals surface area (Å²) < 4.78 is 6.79. The second kappa shape index (κ2) is 4.49. The highest BCUT2D eigenvalue weighted by atomic mass is 16.6. The average molecular weight is 297 g/mol. The Balaban J connectivity index is 2.18. The van der Waals surface area contributed by atoms with Crippen molar-refractivity contribution in [2.45, 2.75) is 31.0 Å². The van der Waals surface area contributed by atoms with Crippen LogP contribution >= 0.6 is 0 Å². The summed E-state index contributed by atoms with van der Waals surface area (Å²) in [4.78, 5) is 15.6. The SMILES string of the molecule is C[C@@]1(O)[C@H](O)[C@@H](CO)O[C@H]1n1cnc2c(=O)[nH]nc(N)c21. The molecule has 4 atom stereocenters. The van der Waals surface area contributed by atoms with Crippen molar-refractivity contribution in [2.75, 3.05) is 12.3 Å². The number of hydrogen-bond donors (Lipinski definition) is 5. The van der Waals surface area contributed by atoms with Gasteiger partial charge in [-0.15, -0.1) is 0 Å². The highest BCUT2D eigenvalue weighted by Gasteiger charge is 2.53. The standard InChI is InChI=1S/C11H15N5O5/c1-11(20)7(18)4(2-17)21-10(11)16-3-13-5-6(16)8(12)14-15-9(5)19/h3-4,7,10,17-18,20H,2H2,1H3,(H2,12,14)(H,15,19)/t4-,7-,10-,11-/m1/s1. The van der Waals surface area contributed by atoms with Crippen molar-refractivity contribution >= 4 is 16.9 Å². The normalized spacial score (nSPS) is 32.9.